The summed E-state index contributed by atoms with van der Waals surface area (Å²) in [5.74, 6) is 0.602. The number of hydrogen-bond donors (Lipinski definition) is 3. The van der Waals surface area contributed by atoms with Crippen LogP contribution in [0.2, 0.25) is 0 Å². The van der Waals surface area contributed by atoms with E-state index in [1.165, 1.54) is 0 Å². The molecule has 3 atom stereocenters. The summed E-state index contributed by atoms with van der Waals surface area (Å²) in [6, 6.07) is 5.49. The van der Waals surface area contributed by atoms with Crippen LogP contribution in [-0.4, -0.2) is 64.0 Å². The number of nitrogens with one attached hydrogen (secondary N) is 3. The van der Waals surface area contributed by atoms with Gasteiger partial charge in [0.25, 0.3) is 5.91 Å². The number of ether oxygens (including phenoxy) is 1. The van der Waals surface area contributed by atoms with Crippen molar-refractivity contribution in [2.24, 2.45) is 11.8 Å². The molecule has 9 nitrogen and oxygen atoms in total. The summed E-state index contributed by atoms with van der Waals surface area (Å²) in [5.41, 5.74) is 2.07. The van der Waals surface area contributed by atoms with Crippen LogP contribution in [0.15, 0.2) is 30.6 Å². The fourth-order valence-electron chi connectivity index (χ4n) is 4.94. The Labute approximate surface area is 174 Å². The van der Waals surface area contributed by atoms with E-state index in [1.54, 1.807) is 18.5 Å². The van der Waals surface area contributed by atoms with Crippen molar-refractivity contribution in [3.05, 3.63) is 36.3 Å². The van der Waals surface area contributed by atoms with Gasteiger partial charge in [0.05, 0.1) is 5.69 Å². The van der Waals surface area contributed by atoms with Crippen molar-refractivity contribution in [3.8, 4) is 11.3 Å². The average Bonchev–Trinajstić information content (AvgIpc) is 3.29. The number of carbonyl (C=O) groups excluding carboxylic acids is 2. The lowest BCUT2D eigenvalue weighted by Crippen LogP contribution is -2.65. The van der Waals surface area contributed by atoms with Crippen LogP contribution in [0.1, 0.15) is 36.2 Å². The fourth-order valence-corrected chi connectivity index (χ4v) is 4.94. The Morgan fingerprint density at radius 2 is 2.07 bits per heavy atom. The van der Waals surface area contributed by atoms with Gasteiger partial charge in [-0.3, -0.25) is 14.9 Å². The normalized spacial score (nSPS) is 27.1. The molecule has 9 heteroatoms. The Hall–Kier alpha value is -2.94. The smallest absolute Gasteiger partial charge is 0.317 e. The first-order valence-electron chi connectivity index (χ1n) is 10.6. The SMILES string of the molecule is O=C1N[C@H]2OCCC[C@H]2[C@H](C2CCN(C(=O)c3cc(-c4cccnc4)n[nH]3)CC2)N1. The summed E-state index contributed by atoms with van der Waals surface area (Å²) < 4.78 is 5.78. The minimum Gasteiger partial charge on any atom is -0.358 e. The Bertz CT molecular complexity index is 908. The Kier molecular flexibility index (Phi) is 5.12. The maximum absolute atomic E-state index is 12.9. The van der Waals surface area contributed by atoms with Gasteiger partial charge in [0.15, 0.2) is 0 Å². The second kappa shape index (κ2) is 8.06. The van der Waals surface area contributed by atoms with Gasteiger partial charge in [0.1, 0.15) is 11.9 Å². The van der Waals surface area contributed by atoms with Crippen LogP contribution < -0.4 is 10.6 Å². The molecular weight excluding hydrogens is 384 g/mol. The van der Waals surface area contributed by atoms with E-state index in [-0.39, 0.29) is 24.2 Å². The number of hydrogen-bond acceptors (Lipinski definition) is 5. The van der Waals surface area contributed by atoms with Crippen molar-refractivity contribution >= 4 is 11.9 Å². The number of amides is 3. The zero-order valence-corrected chi connectivity index (χ0v) is 16.7. The summed E-state index contributed by atoms with van der Waals surface area (Å²) in [6.45, 7) is 2.04. The van der Waals surface area contributed by atoms with E-state index in [4.69, 9.17) is 4.74 Å². The zero-order chi connectivity index (χ0) is 20.5. The number of nitrogens with zero attached hydrogens (tertiary/aromatic N) is 3. The quantitative estimate of drug-likeness (QED) is 0.714. The molecule has 0 unspecified atom stereocenters. The fraction of sp³-hybridized carbons (Fsp3) is 0.524. The van der Waals surface area contributed by atoms with E-state index >= 15 is 0 Å². The second-order valence-corrected chi connectivity index (χ2v) is 8.28. The topological polar surface area (TPSA) is 112 Å². The molecule has 5 heterocycles. The summed E-state index contributed by atoms with van der Waals surface area (Å²) in [5, 5.41) is 13.2. The summed E-state index contributed by atoms with van der Waals surface area (Å²) in [6.07, 6.45) is 7.05. The lowest BCUT2D eigenvalue weighted by Gasteiger charge is -2.46. The number of pyridine rings is 1. The molecule has 158 valence electrons. The van der Waals surface area contributed by atoms with E-state index in [9.17, 15) is 9.59 Å². The number of fused-ring (bicyclic) bond motifs is 1. The average molecular weight is 410 g/mol. The van der Waals surface area contributed by atoms with Crippen molar-refractivity contribution in [2.45, 2.75) is 38.0 Å². The van der Waals surface area contributed by atoms with Crippen molar-refractivity contribution in [3.63, 3.8) is 0 Å². The first-order valence-corrected chi connectivity index (χ1v) is 10.6. The van der Waals surface area contributed by atoms with Gasteiger partial charge in [-0.2, -0.15) is 5.10 Å². The first kappa shape index (κ1) is 19.0. The molecule has 5 rings (SSSR count). The Morgan fingerprint density at radius 1 is 1.20 bits per heavy atom. The molecule has 0 bridgehead atoms. The molecule has 0 radical (unpaired) electrons. The third kappa shape index (κ3) is 3.65. The van der Waals surface area contributed by atoms with E-state index in [2.05, 4.69) is 25.8 Å². The first-order chi connectivity index (χ1) is 14.7. The highest BCUT2D eigenvalue weighted by molar-refractivity contribution is 5.93. The second-order valence-electron chi connectivity index (χ2n) is 8.28. The number of H-pyrrole nitrogens is 1. The molecule has 3 fully saturated rings. The number of aromatic nitrogens is 3. The molecule has 2 aromatic heterocycles. The summed E-state index contributed by atoms with van der Waals surface area (Å²) >= 11 is 0. The molecule has 0 saturated carbocycles. The van der Waals surface area contributed by atoms with Crippen LogP contribution in [0.4, 0.5) is 4.79 Å². The van der Waals surface area contributed by atoms with E-state index in [0.717, 1.165) is 31.2 Å². The maximum Gasteiger partial charge on any atom is 0.317 e. The Balaban J connectivity index is 1.22. The molecule has 3 aliphatic rings. The van der Waals surface area contributed by atoms with Gasteiger partial charge in [-0.1, -0.05) is 0 Å². The van der Waals surface area contributed by atoms with Crippen molar-refractivity contribution in [1.29, 1.82) is 0 Å². The number of piperidine rings is 1. The lowest BCUT2D eigenvalue weighted by atomic mass is 9.77. The maximum atomic E-state index is 12.9. The molecule has 0 spiro atoms. The molecule has 3 amide bonds. The third-order valence-corrected chi connectivity index (χ3v) is 6.50. The molecule has 3 saturated heterocycles. The van der Waals surface area contributed by atoms with Crippen LogP contribution >= 0.6 is 0 Å². The van der Waals surface area contributed by atoms with Crippen molar-refractivity contribution in [2.75, 3.05) is 19.7 Å². The predicted octanol–water partition coefficient (Wildman–Crippen LogP) is 1.76. The van der Waals surface area contributed by atoms with Gasteiger partial charge >= 0.3 is 6.03 Å². The number of carbonyl (C=O) groups is 2. The van der Waals surface area contributed by atoms with Crippen LogP contribution in [0, 0.1) is 11.8 Å². The number of rotatable bonds is 3. The minimum atomic E-state index is -0.187. The number of aromatic amines is 1. The monoisotopic (exact) mass is 410 g/mol. The van der Waals surface area contributed by atoms with Crippen LogP contribution in [0.25, 0.3) is 11.3 Å². The van der Waals surface area contributed by atoms with Crippen LogP contribution in [-0.2, 0) is 4.74 Å². The largest absolute Gasteiger partial charge is 0.358 e. The van der Waals surface area contributed by atoms with E-state index < -0.39 is 0 Å². The molecule has 3 aliphatic heterocycles. The predicted molar refractivity (Wildman–Crippen MR) is 108 cm³/mol. The van der Waals surface area contributed by atoms with Gasteiger partial charge in [-0.05, 0) is 49.8 Å². The molecular formula is C21H26N6O3. The molecule has 2 aromatic rings. The van der Waals surface area contributed by atoms with Crippen LogP contribution in [0.3, 0.4) is 0 Å². The highest BCUT2D eigenvalue weighted by atomic mass is 16.5. The van der Waals surface area contributed by atoms with E-state index in [1.807, 2.05) is 17.0 Å². The molecule has 0 aliphatic carbocycles. The summed E-state index contributed by atoms with van der Waals surface area (Å²) in [7, 11) is 0. The highest BCUT2D eigenvalue weighted by Crippen LogP contribution is 2.33. The number of urea groups is 1. The third-order valence-electron chi connectivity index (χ3n) is 6.50. The van der Waals surface area contributed by atoms with Crippen molar-refractivity contribution < 1.29 is 14.3 Å². The highest BCUT2D eigenvalue weighted by Gasteiger charge is 2.43. The summed E-state index contributed by atoms with van der Waals surface area (Å²) in [4.78, 5) is 31.0. The standard InChI is InChI=1S/C21H26N6O3/c28-20(17-11-16(25-26-17)14-3-1-7-22-12-14)27-8-5-13(6-9-27)18-15-4-2-10-30-19(15)24-21(29)23-18/h1,3,7,11-13,15,18-19H,2,4-6,8-10H2,(H,25,26)(H2,23,24,29)/t15-,18-,19-/m0/s1. The lowest BCUT2D eigenvalue weighted by molar-refractivity contribution is -0.0701. The Morgan fingerprint density at radius 3 is 2.87 bits per heavy atom. The van der Waals surface area contributed by atoms with Gasteiger partial charge in [0, 0.05) is 49.6 Å². The van der Waals surface area contributed by atoms with Gasteiger partial charge in [-0.25, -0.2) is 4.79 Å². The zero-order valence-electron chi connectivity index (χ0n) is 16.7. The van der Waals surface area contributed by atoms with Crippen LogP contribution in [0.5, 0.6) is 0 Å². The molecule has 30 heavy (non-hydrogen) atoms. The van der Waals surface area contributed by atoms with Gasteiger partial charge in [0.2, 0.25) is 0 Å². The minimum absolute atomic E-state index is 0.0377. The van der Waals surface area contributed by atoms with Gasteiger partial charge in [-0.15, -0.1) is 0 Å². The molecule has 0 aromatic carbocycles. The van der Waals surface area contributed by atoms with E-state index in [0.29, 0.717) is 42.9 Å². The number of likely N-dealkylation sites (tertiary alicyclic amines) is 1. The van der Waals surface area contributed by atoms with Gasteiger partial charge < -0.3 is 20.3 Å². The molecule has 3 N–H and O–H groups in total. The van der Waals surface area contributed by atoms with Crippen molar-refractivity contribution in [1.82, 2.24) is 30.7 Å².